The zero-order chi connectivity index (χ0) is 12.6. The molecule has 0 aromatic heterocycles. The summed E-state index contributed by atoms with van der Waals surface area (Å²) in [5.74, 6) is -0.658. The Morgan fingerprint density at radius 1 is 1.00 bits per heavy atom. The molecular formula is C15H25NO2. The Hall–Kier alpha value is -0.570. The molecule has 0 aromatic rings. The van der Waals surface area contributed by atoms with Crippen molar-refractivity contribution in [1.82, 2.24) is 4.90 Å². The van der Waals surface area contributed by atoms with Crippen LogP contribution in [0.1, 0.15) is 57.8 Å². The molecule has 2 saturated carbocycles. The van der Waals surface area contributed by atoms with Gasteiger partial charge in [-0.15, -0.1) is 0 Å². The van der Waals surface area contributed by atoms with Crippen LogP contribution in [0, 0.1) is 11.3 Å². The number of carbonyl (C=O) groups is 1. The minimum atomic E-state index is -0.579. The lowest BCUT2D eigenvalue weighted by atomic mass is 9.67. The minimum absolute atomic E-state index is 0.0783. The molecule has 3 aliphatic rings. The molecule has 1 spiro atoms. The summed E-state index contributed by atoms with van der Waals surface area (Å²) < 4.78 is 0. The van der Waals surface area contributed by atoms with Crippen LogP contribution in [0.15, 0.2) is 0 Å². The topological polar surface area (TPSA) is 40.5 Å². The lowest BCUT2D eigenvalue weighted by Gasteiger charge is -2.50. The highest BCUT2D eigenvalue weighted by molar-refractivity contribution is 5.72. The van der Waals surface area contributed by atoms with Crippen molar-refractivity contribution in [2.24, 2.45) is 11.3 Å². The van der Waals surface area contributed by atoms with Crippen LogP contribution in [-0.4, -0.2) is 35.1 Å². The van der Waals surface area contributed by atoms with Crippen LogP contribution < -0.4 is 0 Å². The third-order valence-corrected chi connectivity index (χ3v) is 5.80. The van der Waals surface area contributed by atoms with Gasteiger partial charge in [-0.1, -0.05) is 19.3 Å². The summed E-state index contributed by atoms with van der Waals surface area (Å²) >= 11 is 0. The van der Waals surface area contributed by atoms with E-state index in [0.717, 1.165) is 25.9 Å². The van der Waals surface area contributed by atoms with Crippen LogP contribution in [0.5, 0.6) is 0 Å². The van der Waals surface area contributed by atoms with E-state index in [0.29, 0.717) is 11.5 Å². The molecule has 18 heavy (non-hydrogen) atoms. The van der Waals surface area contributed by atoms with Crippen molar-refractivity contribution in [3.63, 3.8) is 0 Å². The van der Waals surface area contributed by atoms with Crippen molar-refractivity contribution in [2.45, 2.75) is 63.8 Å². The highest BCUT2D eigenvalue weighted by Crippen LogP contribution is 2.46. The Morgan fingerprint density at radius 2 is 1.67 bits per heavy atom. The zero-order valence-corrected chi connectivity index (χ0v) is 11.2. The van der Waals surface area contributed by atoms with Gasteiger partial charge in [-0.25, -0.2) is 0 Å². The summed E-state index contributed by atoms with van der Waals surface area (Å²) in [5.41, 5.74) is 0.636. The number of rotatable bonds is 2. The van der Waals surface area contributed by atoms with Gasteiger partial charge in [0.1, 0.15) is 0 Å². The number of hydrogen-bond acceptors (Lipinski definition) is 2. The van der Waals surface area contributed by atoms with Gasteiger partial charge in [-0.3, -0.25) is 9.69 Å². The summed E-state index contributed by atoms with van der Waals surface area (Å²) in [6.45, 7) is 2.29. The first-order valence-corrected chi connectivity index (χ1v) is 7.67. The highest BCUT2D eigenvalue weighted by atomic mass is 16.4. The SMILES string of the molecule is O=C(O)C1CCC1N1CCC2(CCCCC2)CC1. The molecule has 3 fully saturated rings. The predicted molar refractivity (Wildman–Crippen MR) is 70.5 cm³/mol. The van der Waals surface area contributed by atoms with E-state index in [2.05, 4.69) is 4.90 Å². The van der Waals surface area contributed by atoms with Crippen molar-refractivity contribution >= 4 is 5.97 Å². The predicted octanol–water partition coefficient (Wildman–Crippen LogP) is 2.90. The molecule has 1 heterocycles. The molecule has 0 amide bonds. The number of carboxylic acid groups (broad SMARTS) is 1. The molecule has 3 heteroatoms. The van der Waals surface area contributed by atoms with E-state index in [1.165, 1.54) is 44.9 Å². The van der Waals surface area contributed by atoms with Gasteiger partial charge >= 0.3 is 5.97 Å². The molecule has 2 atom stereocenters. The molecule has 2 unspecified atom stereocenters. The largest absolute Gasteiger partial charge is 0.481 e. The smallest absolute Gasteiger partial charge is 0.308 e. The van der Waals surface area contributed by atoms with Crippen LogP contribution >= 0.6 is 0 Å². The van der Waals surface area contributed by atoms with Crippen molar-refractivity contribution in [3.8, 4) is 0 Å². The average Bonchev–Trinajstić information content (AvgIpc) is 2.31. The first kappa shape index (κ1) is 12.5. The third-order valence-electron chi connectivity index (χ3n) is 5.80. The normalized spacial score (nSPS) is 36.2. The number of aliphatic carboxylic acids is 1. The van der Waals surface area contributed by atoms with Gasteiger partial charge in [0.25, 0.3) is 0 Å². The van der Waals surface area contributed by atoms with E-state index < -0.39 is 5.97 Å². The second kappa shape index (κ2) is 4.84. The minimum Gasteiger partial charge on any atom is -0.481 e. The molecule has 0 radical (unpaired) electrons. The number of piperidine rings is 1. The van der Waals surface area contributed by atoms with E-state index in [1.54, 1.807) is 0 Å². The van der Waals surface area contributed by atoms with Gasteiger partial charge in [0.15, 0.2) is 0 Å². The van der Waals surface area contributed by atoms with E-state index in [1.807, 2.05) is 0 Å². The Bertz CT molecular complexity index is 312. The van der Waals surface area contributed by atoms with E-state index in [4.69, 9.17) is 5.11 Å². The number of likely N-dealkylation sites (tertiary alicyclic amines) is 1. The first-order valence-electron chi connectivity index (χ1n) is 7.67. The summed E-state index contributed by atoms with van der Waals surface area (Å²) in [6, 6.07) is 0.350. The van der Waals surface area contributed by atoms with Gasteiger partial charge in [-0.2, -0.15) is 0 Å². The average molecular weight is 251 g/mol. The van der Waals surface area contributed by atoms with E-state index in [-0.39, 0.29) is 5.92 Å². The second-order valence-electron chi connectivity index (χ2n) is 6.69. The summed E-state index contributed by atoms with van der Waals surface area (Å²) in [4.78, 5) is 13.6. The van der Waals surface area contributed by atoms with Crippen LogP contribution in [-0.2, 0) is 4.79 Å². The van der Waals surface area contributed by atoms with E-state index >= 15 is 0 Å². The molecule has 102 valence electrons. The molecule has 1 aliphatic heterocycles. The molecule has 1 N–H and O–H groups in total. The third kappa shape index (κ3) is 2.18. The van der Waals surface area contributed by atoms with Gasteiger partial charge in [0, 0.05) is 6.04 Å². The van der Waals surface area contributed by atoms with Crippen LogP contribution in [0.2, 0.25) is 0 Å². The van der Waals surface area contributed by atoms with Crippen LogP contribution in [0.25, 0.3) is 0 Å². The van der Waals surface area contributed by atoms with Gasteiger partial charge in [0.05, 0.1) is 5.92 Å². The van der Waals surface area contributed by atoms with Crippen molar-refractivity contribution in [3.05, 3.63) is 0 Å². The molecule has 1 saturated heterocycles. The van der Waals surface area contributed by atoms with E-state index in [9.17, 15) is 4.79 Å². The van der Waals surface area contributed by atoms with Gasteiger partial charge in [0.2, 0.25) is 0 Å². The number of carboxylic acids is 1. The molecule has 3 rings (SSSR count). The summed E-state index contributed by atoms with van der Waals surface area (Å²) in [5, 5.41) is 9.15. The quantitative estimate of drug-likeness (QED) is 0.820. The fourth-order valence-electron chi connectivity index (χ4n) is 4.34. The number of nitrogens with zero attached hydrogens (tertiary/aromatic N) is 1. The zero-order valence-electron chi connectivity index (χ0n) is 11.2. The molecule has 0 bridgehead atoms. The molecule has 0 aromatic carbocycles. The fourth-order valence-corrected chi connectivity index (χ4v) is 4.34. The van der Waals surface area contributed by atoms with Gasteiger partial charge in [-0.05, 0) is 57.0 Å². The Balaban J connectivity index is 1.55. The van der Waals surface area contributed by atoms with Crippen LogP contribution in [0.4, 0.5) is 0 Å². The van der Waals surface area contributed by atoms with Crippen molar-refractivity contribution in [1.29, 1.82) is 0 Å². The lowest BCUT2D eigenvalue weighted by molar-refractivity contribution is -0.149. The Morgan fingerprint density at radius 3 is 2.17 bits per heavy atom. The standard InChI is InChI=1S/C15H25NO2/c17-14(18)12-4-5-13(12)16-10-8-15(9-11-16)6-2-1-3-7-15/h12-13H,1-11H2,(H,17,18). The molecular weight excluding hydrogens is 226 g/mol. The maximum atomic E-state index is 11.1. The monoisotopic (exact) mass is 251 g/mol. The summed E-state index contributed by atoms with van der Waals surface area (Å²) in [6.07, 6.45) is 11.7. The highest BCUT2D eigenvalue weighted by Gasteiger charge is 2.44. The van der Waals surface area contributed by atoms with Crippen LogP contribution in [0.3, 0.4) is 0 Å². The van der Waals surface area contributed by atoms with Gasteiger partial charge < -0.3 is 5.11 Å². The van der Waals surface area contributed by atoms with Crippen molar-refractivity contribution in [2.75, 3.05) is 13.1 Å². The second-order valence-corrected chi connectivity index (χ2v) is 6.69. The lowest BCUT2D eigenvalue weighted by Crippen LogP contribution is -2.54. The Labute approximate surface area is 110 Å². The molecule has 2 aliphatic carbocycles. The Kier molecular flexibility index (Phi) is 3.35. The fraction of sp³-hybridized carbons (Fsp3) is 0.933. The maximum Gasteiger partial charge on any atom is 0.308 e. The number of hydrogen-bond donors (Lipinski definition) is 1. The maximum absolute atomic E-state index is 11.1. The van der Waals surface area contributed by atoms with Crippen molar-refractivity contribution < 1.29 is 9.90 Å². The molecule has 3 nitrogen and oxygen atoms in total. The summed E-state index contributed by atoms with van der Waals surface area (Å²) in [7, 11) is 0. The first-order chi connectivity index (χ1) is 8.70.